The Morgan fingerprint density at radius 3 is 2.14 bits per heavy atom. The summed E-state index contributed by atoms with van der Waals surface area (Å²) in [6.07, 6.45) is 0. The predicted molar refractivity (Wildman–Crippen MR) is 74.3 cm³/mol. The van der Waals surface area contributed by atoms with E-state index in [4.69, 9.17) is 4.84 Å². The van der Waals surface area contributed by atoms with Crippen LogP contribution >= 0.6 is 0 Å². The molecule has 0 saturated carbocycles. The zero-order valence-electron chi connectivity index (χ0n) is 11.5. The molecule has 0 heterocycles. The van der Waals surface area contributed by atoms with Crippen molar-refractivity contribution in [3.8, 4) is 22.6 Å². The highest BCUT2D eigenvalue weighted by Crippen LogP contribution is 2.38. The second kappa shape index (κ2) is 5.80. The molecule has 1 amide bonds. The molecule has 2 rings (SSSR count). The number of aromatic hydroxyl groups is 2. The maximum atomic E-state index is 12.9. The van der Waals surface area contributed by atoms with E-state index in [0.717, 1.165) is 5.06 Å². The average molecular weight is 291 g/mol. The van der Waals surface area contributed by atoms with Crippen molar-refractivity contribution in [1.29, 1.82) is 0 Å². The van der Waals surface area contributed by atoms with Gasteiger partial charge < -0.3 is 10.2 Å². The highest BCUT2D eigenvalue weighted by molar-refractivity contribution is 5.96. The van der Waals surface area contributed by atoms with Crippen LogP contribution in [0.4, 0.5) is 4.39 Å². The lowest BCUT2D eigenvalue weighted by atomic mass is 10.0. The van der Waals surface area contributed by atoms with Gasteiger partial charge in [0.05, 0.1) is 12.7 Å². The van der Waals surface area contributed by atoms with Crippen LogP contribution in [-0.4, -0.2) is 35.3 Å². The van der Waals surface area contributed by atoms with Gasteiger partial charge >= 0.3 is 0 Å². The third-order valence-corrected chi connectivity index (χ3v) is 3.04. The minimum absolute atomic E-state index is 0.0696. The van der Waals surface area contributed by atoms with E-state index in [1.807, 2.05) is 0 Å². The van der Waals surface area contributed by atoms with Gasteiger partial charge in [0.25, 0.3) is 5.91 Å². The molecule has 5 nitrogen and oxygen atoms in total. The van der Waals surface area contributed by atoms with Gasteiger partial charge in [0.15, 0.2) is 0 Å². The SMILES string of the molecule is CON(C)C(=O)c1cc(O)c(-c2ccc(F)cc2)c(O)c1. The molecule has 110 valence electrons. The van der Waals surface area contributed by atoms with Crippen molar-refractivity contribution < 1.29 is 24.2 Å². The van der Waals surface area contributed by atoms with Gasteiger partial charge in [0.2, 0.25) is 0 Å². The molecule has 0 unspecified atom stereocenters. The lowest BCUT2D eigenvalue weighted by molar-refractivity contribution is -0.0757. The minimum Gasteiger partial charge on any atom is -0.507 e. The molecule has 0 saturated heterocycles. The Kier molecular flexibility index (Phi) is 4.09. The molecular weight excluding hydrogens is 277 g/mol. The van der Waals surface area contributed by atoms with Crippen molar-refractivity contribution >= 4 is 5.91 Å². The van der Waals surface area contributed by atoms with Gasteiger partial charge in [-0.25, -0.2) is 9.45 Å². The Morgan fingerprint density at radius 2 is 1.67 bits per heavy atom. The number of rotatable bonds is 3. The Morgan fingerprint density at radius 1 is 1.14 bits per heavy atom. The lowest BCUT2D eigenvalue weighted by Gasteiger charge is -2.15. The standard InChI is InChI=1S/C15H14FNO4/c1-17(21-2)15(20)10-7-12(18)14(13(19)8-10)9-3-5-11(16)6-4-9/h3-8,18-19H,1-2H3. The van der Waals surface area contributed by atoms with Crippen molar-refractivity contribution in [2.75, 3.05) is 14.2 Å². The quantitative estimate of drug-likeness (QED) is 0.853. The number of halogens is 1. The molecule has 0 aromatic heterocycles. The second-order valence-electron chi connectivity index (χ2n) is 4.38. The van der Waals surface area contributed by atoms with Gasteiger partial charge in [-0.1, -0.05) is 12.1 Å². The highest BCUT2D eigenvalue weighted by Gasteiger charge is 2.18. The summed E-state index contributed by atoms with van der Waals surface area (Å²) in [6.45, 7) is 0. The second-order valence-corrected chi connectivity index (χ2v) is 4.38. The molecule has 0 aliphatic rings. The molecule has 6 heteroatoms. The predicted octanol–water partition coefficient (Wildman–Crippen LogP) is 2.54. The van der Waals surface area contributed by atoms with Crippen molar-refractivity contribution in [2.45, 2.75) is 0 Å². The highest BCUT2D eigenvalue weighted by atomic mass is 19.1. The van der Waals surface area contributed by atoms with Crippen LogP contribution in [0.1, 0.15) is 10.4 Å². The molecule has 2 aromatic rings. The number of hydrogen-bond acceptors (Lipinski definition) is 4. The minimum atomic E-state index is -0.520. The van der Waals surface area contributed by atoms with Crippen molar-refractivity contribution in [3.63, 3.8) is 0 Å². The monoisotopic (exact) mass is 291 g/mol. The molecule has 0 aliphatic carbocycles. The average Bonchev–Trinajstić information content (AvgIpc) is 2.46. The largest absolute Gasteiger partial charge is 0.507 e. The Hall–Kier alpha value is -2.60. The smallest absolute Gasteiger partial charge is 0.277 e. The van der Waals surface area contributed by atoms with E-state index in [-0.39, 0.29) is 22.6 Å². The number of phenolic OH excluding ortho intramolecular Hbond substituents is 2. The van der Waals surface area contributed by atoms with Crippen LogP contribution in [0, 0.1) is 5.82 Å². The van der Waals surface area contributed by atoms with Gasteiger partial charge in [0, 0.05) is 12.6 Å². The van der Waals surface area contributed by atoms with Crippen LogP contribution in [0.15, 0.2) is 36.4 Å². The molecule has 0 spiro atoms. The van der Waals surface area contributed by atoms with E-state index in [0.29, 0.717) is 5.56 Å². The van der Waals surface area contributed by atoms with Crippen molar-refractivity contribution in [2.24, 2.45) is 0 Å². The number of amides is 1. The summed E-state index contributed by atoms with van der Waals surface area (Å²) in [6, 6.07) is 7.71. The normalized spacial score (nSPS) is 10.4. The molecule has 0 fully saturated rings. The van der Waals surface area contributed by atoms with Crippen LogP contribution in [0.3, 0.4) is 0 Å². The van der Waals surface area contributed by atoms with E-state index in [9.17, 15) is 19.4 Å². The number of hydrogen-bond donors (Lipinski definition) is 2. The molecule has 0 aliphatic heterocycles. The fourth-order valence-corrected chi connectivity index (χ4v) is 1.91. The van der Waals surface area contributed by atoms with Crippen LogP contribution < -0.4 is 0 Å². The number of hydroxylamine groups is 2. The number of carbonyl (C=O) groups excluding carboxylic acids is 1. The lowest BCUT2D eigenvalue weighted by Crippen LogP contribution is -2.25. The summed E-state index contributed by atoms with van der Waals surface area (Å²) in [5, 5.41) is 21.0. The third-order valence-electron chi connectivity index (χ3n) is 3.04. The van der Waals surface area contributed by atoms with Crippen LogP contribution in [0.25, 0.3) is 11.1 Å². The van der Waals surface area contributed by atoms with E-state index < -0.39 is 11.7 Å². The molecule has 21 heavy (non-hydrogen) atoms. The molecule has 0 radical (unpaired) electrons. The van der Waals surface area contributed by atoms with E-state index in [1.165, 1.54) is 50.6 Å². The maximum absolute atomic E-state index is 12.9. The third kappa shape index (κ3) is 2.95. The maximum Gasteiger partial charge on any atom is 0.277 e. The number of benzene rings is 2. The fourth-order valence-electron chi connectivity index (χ4n) is 1.91. The topological polar surface area (TPSA) is 70.0 Å². The van der Waals surface area contributed by atoms with Gasteiger partial charge in [0.1, 0.15) is 17.3 Å². The summed E-state index contributed by atoms with van der Waals surface area (Å²) in [7, 11) is 2.73. The Balaban J connectivity index is 2.47. The summed E-state index contributed by atoms with van der Waals surface area (Å²) in [4.78, 5) is 16.7. The Labute approximate surface area is 120 Å². The van der Waals surface area contributed by atoms with E-state index >= 15 is 0 Å². The van der Waals surface area contributed by atoms with Gasteiger partial charge in [-0.3, -0.25) is 9.63 Å². The zero-order valence-corrected chi connectivity index (χ0v) is 11.5. The first-order valence-electron chi connectivity index (χ1n) is 6.08. The number of nitrogens with zero attached hydrogens (tertiary/aromatic N) is 1. The molecule has 0 atom stereocenters. The van der Waals surface area contributed by atoms with Crippen LogP contribution in [-0.2, 0) is 4.84 Å². The zero-order chi connectivity index (χ0) is 15.6. The van der Waals surface area contributed by atoms with Gasteiger partial charge in [-0.2, -0.15) is 0 Å². The van der Waals surface area contributed by atoms with Gasteiger partial charge in [-0.15, -0.1) is 0 Å². The van der Waals surface area contributed by atoms with E-state index in [2.05, 4.69) is 0 Å². The van der Waals surface area contributed by atoms with Crippen molar-refractivity contribution in [1.82, 2.24) is 5.06 Å². The summed E-state index contributed by atoms with van der Waals surface area (Å²) >= 11 is 0. The van der Waals surface area contributed by atoms with Crippen LogP contribution in [0.2, 0.25) is 0 Å². The van der Waals surface area contributed by atoms with E-state index in [1.54, 1.807) is 0 Å². The number of carbonyl (C=O) groups is 1. The molecule has 2 N–H and O–H groups in total. The van der Waals surface area contributed by atoms with Gasteiger partial charge in [-0.05, 0) is 29.8 Å². The number of phenols is 2. The molecular formula is C15H14FNO4. The summed E-state index contributed by atoms with van der Waals surface area (Å²) in [5.41, 5.74) is 0.636. The van der Waals surface area contributed by atoms with Crippen LogP contribution in [0.5, 0.6) is 11.5 Å². The summed E-state index contributed by atoms with van der Waals surface area (Å²) in [5.74, 6) is -1.51. The first-order chi connectivity index (χ1) is 9.93. The van der Waals surface area contributed by atoms with Crippen molar-refractivity contribution in [3.05, 3.63) is 47.8 Å². The summed E-state index contributed by atoms with van der Waals surface area (Å²) < 4.78 is 12.9. The Bertz CT molecular complexity index is 647. The first-order valence-corrected chi connectivity index (χ1v) is 6.08. The first kappa shape index (κ1) is 14.8. The molecule has 2 aromatic carbocycles. The molecule has 0 bridgehead atoms. The fraction of sp³-hybridized carbons (Fsp3) is 0.133.